The summed E-state index contributed by atoms with van der Waals surface area (Å²) in [7, 11) is -3.50. The van der Waals surface area contributed by atoms with Crippen LogP contribution in [-0.2, 0) is 21.5 Å². The van der Waals surface area contributed by atoms with E-state index < -0.39 is 10.1 Å². The molecule has 0 spiro atoms. The van der Waals surface area contributed by atoms with E-state index in [2.05, 4.69) is 0 Å². The van der Waals surface area contributed by atoms with Crippen LogP contribution in [0.2, 0.25) is 0 Å². The summed E-state index contributed by atoms with van der Waals surface area (Å²) in [5, 5.41) is 0. The zero-order valence-electron chi connectivity index (χ0n) is 14.0. The van der Waals surface area contributed by atoms with E-state index in [1.165, 1.54) is 6.92 Å². The summed E-state index contributed by atoms with van der Waals surface area (Å²) in [4.78, 5) is 14.3. The minimum absolute atomic E-state index is 0.0616. The minimum atomic E-state index is -3.50. The molecule has 0 N–H and O–H groups in total. The highest BCUT2D eigenvalue weighted by atomic mass is 32.2. The first kappa shape index (κ1) is 17.8. The Kier molecular flexibility index (Phi) is 5.68. The smallest absolute Gasteiger partial charge is 0.308 e. The second-order valence-corrected chi connectivity index (χ2v) is 8.28. The molecule has 1 aliphatic carbocycles. The highest BCUT2D eigenvalue weighted by Gasteiger charge is 2.32. The maximum atomic E-state index is 12.4. The summed E-state index contributed by atoms with van der Waals surface area (Å²) in [5.74, 6) is 0.783. The lowest BCUT2D eigenvalue weighted by atomic mass is 10.1. The Bertz CT molecular complexity index is 633. The summed E-state index contributed by atoms with van der Waals surface area (Å²) < 4.78 is 27.9. The SMILES string of the molecule is CCS(=O)(=O)Oc1ccc(CN(C(=O)CC(C)C)C2CC2)cc1. The van der Waals surface area contributed by atoms with Gasteiger partial charge in [0, 0.05) is 19.0 Å². The fraction of sp³-hybridized carbons (Fsp3) is 0.588. The number of nitrogens with zero attached hydrogens (tertiary/aromatic N) is 1. The van der Waals surface area contributed by atoms with Gasteiger partial charge in [-0.25, -0.2) is 0 Å². The van der Waals surface area contributed by atoms with E-state index >= 15 is 0 Å². The van der Waals surface area contributed by atoms with Crippen molar-refractivity contribution in [3.8, 4) is 5.75 Å². The first-order chi connectivity index (χ1) is 10.8. The van der Waals surface area contributed by atoms with E-state index in [9.17, 15) is 13.2 Å². The van der Waals surface area contributed by atoms with Crippen LogP contribution < -0.4 is 4.18 Å². The van der Waals surface area contributed by atoms with Crippen molar-refractivity contribution in [3.63, 3.8) is 0 Å². The third kappa shape index (κ3) is 5.53. The molecule has 1 aromatic carbocycles. The molecule has 1 amide bonds. The highest BCUT2D eigenvalue weighted by molar-refractivity contribution is 7.87. The molecule has 128 valence electrons. The molecule has 1 aromatic rings. The van der Waals surface area contributed by atoms with Gasteiger partial charge >= 0.3 is 10.1 Å². The van der Waals surface area contributed by atoms with Crippen molar-refractivity contribution in [2.45, 2.75) is 52.6 Å². The molecule has 1 saturated carbocycles. The van der Waals surface area contributed by atoms with E-state index in [1.807, 2.05) is 30.9 Å². The molecule has 5 nitrogen and oxygen atoms in total. The quantitative estimate of drug-likeness (QED) is 0.683. The Morgan fingerprint density at radius 1 is 1.26 bits per heavy atom. The average molecular weight is 339 g/mol. The standard InChI is InChI=1S/C17H25NO4S/c1-4-23(20,21)22-16-9-5-14(6-10-16)12-18(15-7-8-15)17(19)11-13(2)3/h5-6,9-10,13,15H,4,7-8,11-12H2,1-3H3. The fourth-order valence-electron chi connectivity index (χ4n) is 2.33. The van der Waals surface area contributed by atoms with Gasteiger partial charge in [0.15, 0.2) is 0 Å². The minimum Gasteiger partial charge on any atom is -0.382 e. The Labute approximate surface area is 138 Å². The second kappa shape index (κ2) is 7.34. The summed E-state index contributed by atoms with van der Waals surface area (Å²) in [6, 6.07) is 7.27. The van der Waals surface area contributed by atoms with Crippen LogP contribution in [0.15, 0.2) is 24.3 Å². The Hall–Kier alpha value is -1.56. The largest absolute Gasteiger partial charge is 0.382 e. The van der Waals surface area contributed by atoms with Crippen LogP contribution in [0.1, 0.15) is 45.6 Å². The van der Waals surface area contributed by atoms with E-state index in [4.69, 9.17) is 4.18 Å². The molecule has 23 heavy (non-hydrogen) atoms. The zero-order chi connectivity index (χ0) is 17.0. The van der Waals surface area contributed by atoms with E-state index in [-0.39, 0.29) is 11.7 Å². The van der Waals surface area contributed by atoms with Crippen LogP contribution in [0, 0.1) is 5.92 Å². The van der Waals surface area contributed by atoms with E-state index in [0.29, 0.717) is 30.7 Å². The van der Waals surface area contributed by atoms with Crippen molar-refractivity contribution < 1.29 is 17.4 Å². The lowest BCUT2D eigenvalue weighted by Crippen LogP contribution is -2.33. The van der Waals surface area contributed by atoms with Crippen molar-refractivity contribution in [1.82, 2.24) is 4.90 Å². The second-order valence-electron chi connectivity index (χ2n) is 6.42. The third-order valence-electron chi connectivity index (χ3n) is 3.74. The third-order valence-corrected chi connectivity index (χ3v) is 4.90. The van der Waals surface area contributed by atoms with Crippen LogP contribution in [0.25, 0.3) is 0 Å². The molecular formula is C17H25NO4S. The van der Waals surface area contributed by atoms with Crippen LogP contribution in [-0.4, -0.2) is 31.0 Å². The molecule has 1 aliphatic rings. The van der Waals surface area contributed by atoms with E-state index in [1.54, 1.807) is 12.1 Å². The van der Waals surface area contributed by atoms with Crippen molar-refractivity contribution in [2.75, 3.05) is 5.75 Å². The van der Waals surface area contributed by atoms with Crippen LogP contribution in [0.5, 0.6) is 5.75 Å². The van der Waals surface area contributed by atoms with Gasteiger partial charge in [0.1, 0.15) is 5.75 Å². The molecular weight excluding hydrogens is 314 g/mol. The Morgan fingerprint density at radius 3 is 2.35 bits per heavy atom. The Balaban J connectivity index is 2.02. The molecule has 0 aliphatic heterocycles. The number of hydrogen-bond acceptors (Lipinski definition) is 4. The van der Waals surface area contributed by atoms with Gasteiger partial charge in [-0.2, -0.15) is 8.42 Å². The average Bonchev–Trinajstić information content (AvgIpc) is 3.30. The summed E-state index contributed by atoms with van der Waals surface area (Å²) in [6.45, 7) is 6.20. The normalized spacial score (nSPS) is 14.8. The molecule has 0 unspecified atom stereocenters. The molecule has 0 aromatic heterocycles. The lowest BCUT2D eigenvalue weighted by Gasteiger charge is -2.23. The molecule has 0 atom stereocenters. The maximum Gasteiger partial charge on any atom is 0.308 e. The highest BCUT2D eigenvalue weighted by Crippen LogP contribution is 2.30. The number of carbonyl (C=O) groups excluding carboxylic acids is 1. The number of hydrogen-bond donors (Lipinski definition) is 0. The number of rotatable bonds is 8. The van der Waals surface area contributed by atoms with Gasteiger partial charge in [0.25, 0.3) is 0 Å². The molecule has 0 saturated heterocycles. The monoisotopic (exact) mass is 339 g/mol. The fourth-order valence-corrected chi connectivity index (χ4v) is 2.85. The number of carbonyl (C=O) groups is 1. The molecule has 0 radical (unpaired) electrons. The molecule has 1 fully saturated rings. The van der Waals surface area contributed by atoms with Gasteiger partial charge in [0.2, 0.25) is 5.91 Å². The predicted molar refractivity (Wildman–Crippen MR) is 89.6 cm³/mol. The molecule has 2 rings (SSSR count). The summed E-state index contributed by atoms with van der Waals surface area (Å²) >= 11 is 0. The van der Waals surface area contributed by atoms with Crippen molar-refractivity contribution in [3.05, 3.63) is 29.8 Å². The van der Waals surface area contributed by atoms with Gasteiger partial charge in [-0.1, -0.05) is 26.0 Å². The predicted octanol–water partition coefficient (Wildman–Crippen LogP) is 2.95. The van der Waals surface area contributed by atoms with Gasteiger partial charge < -0.3 is 9.08 Å². The summed E-state index contributed by atoms with van der Waals surface area (Å²) in [6.07, 6.45) is 2.70. The molecule has 6 heteroatoms. The van der Waals surface area contributed by atoms with Crippen molar-refractivity contribution in [2.24, 2.45) is 5.92 Å². The summed E-state index contributed by atoms with van der Waals surface area (Å²) in [5.41, 5.74) is 0.982. The number of benzene rings is 1. The van der Waals surface area contributed by atoms with Crippen LogP contribution in [0.4, 0.5) is 0 Å². The van der Waals surface area contributed by atoms with Crippen LogP contribution >= 0.6 is 0 Å². The molecule has 0 bridgehead atoms. The lowest BCUT2D eigenvalue weighted by molar-refractivity contribution is -0.133. The topological polar surface area (TPSA) is 63.7 Å². The number of amides is 1. The van der Waals surface area contributed by atoms with Gasteiger partial charge in [-0.3, -0.25) is 4.79 Å². The van der Waals surface area contributed by atoms with Crippen molar-refractivity contribution >= 4 is 16.0 Å². The molecule has 0 heterocycles. The Morgan fingerprint density at radius 2 is 1.87 bits per heavy atom. The van der Waals surface area contributed by atoms with Gasteiger partial charge in [0.05, 0.1) is 5.75 Å². The maximum absolute atomic E-state index is 12.4. The van der Waals surface area contributed by atoms with E-state index in [0.717, 1.165) is 18.4 Å². The van der Waals surface area contributed by atoms with Gasteiger partial charge in [-0.05, 0) is 43.4 Å². The first-order valence-corrected chi connectivity index (χ1v) is 9.69. The van der Waals surface area contributed by atoms with Gasteiger partial charge in [-0.15, -0.1) is 0 Å². The first-order valence-electron chi connectivity index (χ1n) is 8.11. The zero-order valence-corrected chi connectivity index (χ0v) is 14.8. The van der Waals surface area contributed by atoms with Crippen LogP contribution in [0.3, 0.4) is 0 Å². The van der Waals surface area contributed by atoms with Crippen molar-refractivity contribution in [1.29, 1.82) is 0 Å².